The molecule has 102 valence electrons. The summed E-state index contributed by atoms with van der Waals surface area (Å²) in [6.07, 6.45) is -0.454. The fraction of sp³-hybridized carbons (Fsp3) is 0.250. The second-order valence-corrected chi connectivity index (χ2v) is 4.87. The van der Waals surface area contributed by atoms with E-state index in [9.17, 15) is 14.4 Å². The van der Waals surface area contributed by atoms with Crippen LogP contribution in [0.5, 0.6) is 0 Å². The van der Waals surface area contributed by atoms with E-state index in [2.05, 4.69) is 21.2 Å². The second-order valence-electron chi connectivity index (χ2n) is 4.02. The molecule has 0 aliphatic carbocycles. The van der Waals surface area contributed by atoms with Crippen molar-refractivity contribution in [3.63, 3.8) is 0 Å². The van der Waals surface area contributed by atoms with Crippen LogP contribution in [0.15, 0.2) is 22.7 Å². The van der Waals surface area contributed by atoms with Gasteiger partial charge >= 0.3 is 5.97 Å². The van der Waals surface area contributed by atoms with Crippen molar-refractivity contribution in [1.82, 2.24) is 5.32 Å². The van der Waals surface area contributed by atoms with E-state index in [1.807, 2.05) is 0 Å². The van der Waals surface area contributed by atoms with Gasteiger partial charge in [0.15, 0.2) is 0 Å². The van der Waals surface area contributed by atoms with Crippen LogP contribution >= 0.6 is 15.9 Å². The highest BCUT2D eigenvalue weighted by Gasteiger charge is 2.23. The van der Waals surface area contributed by atoms with E-state index in [0.717, 1.165) is 5.56 Å². The molecule has 0 aliphatic rings. The van der Waals surface area contributed by atoms with Crippen molar-refractivity contribution >= 4 is 33.7 Å². The summed E-state index contributed by atoms with van der Waals surface area (Å²) in [5, 5.41) is 11.2. The molecule has 0 bridgehead atoms. The number of halogens is 1. The minimum absolute atomic E-state index is 0.302. The summed E-state index contributed by atoms with van der Waals surface area (Å²) in [5.74, 6) is -2.68. The Morgan fingerprint density at radius 2 is 2.05 bits per heavy atom. The third-order valence-electron chi connectivity index (χ3n) is 2.38. The fourth-order valence-electron chi connectivity index (χ4n) is 1.45. The van der Waals surface area contributed by atoms with E-state index >= 15 is 0 Å². The minimum atomic E-state index is -1.34. The first kappa shape index (κ1) is 15.2. The Bertz CT molecular complexity index is 530. The monoisotopic (exact) mass is 328 g/mol. The first-order chi connectivity index (χ1) is 8.81. The molecule has 2 amide bonds. The molecule has 4 N–H and O–H groups in total. The molecule has 0 fully saturated rings. The van der Waals surface area contributed by atoms with Gasteiger partial charge in [-0.25, -0.2) is 4.79 Å². The quantitative estimate of drug-likeness (QED) is 0.743. The molecule has 0 aliphatic heterocycles. The molecule has 1 atom stereocenters. The van der Waals surface area contributed by atoms with Gasteiger partial charge in [-0.1, -0.05) is 11.6 Å². The number of hydrogen-bond acceptors (Lipinski definition) is 3. The van der Waals surface area contributed by atoms with E-state index in [1.165, 1.54) is 0 Å². The SMILES string of the molecule is Cc1ccc(Br)c(C(=O)N[C@H](CC(N)=O)C(=O)O)c1. The molecule has 0 unspecified atom stereocenters. The van der Waals surface area contributed by atoms with Gasteiger partial charge in [0.1, 0.15) is 6.04 Å². The summed E-state index contributed by atoms with van der Waals surface area (Å²) in [5.41, 5.74) is 6.09. The van der Waals surface area contributed by atoms with E-state index in [1.54, 1.807) is 25.1 Å². The molecule has 1 aromatic rings. The van der Waals surface area contributed by atoms with Gasteiger partial charge in [0.2, 0.25) is 5.91 Å². The van der Waals surface area contributed by atoms with Crippen LogP contribution in [-0.4, -0.2) is 28.9 Å². The number of amides is 2. The van der Waals surface area contributed by atoms with Crippen LogP contribution in [0.4, 0.5) is 0 Å². The predicted molar refractivity (Wildman–Crippen MR) is 71.6 cm³/mol. The molecule has 7 heteroatoms. The third-order valence-corrected chi connectivity index (χ3v) is 3.07. The first-order valence-corrected chi connectivity index (χ1v) is 6.18. The number of carbonyl (C=O) groups excluding carboxylic acids is 2. The van der Waals surface area contributed by atoms with E-state index in [4.69, 9.17) is 10.8 Å². The lowest BCUT2D eigenvalue weighted by Gasteiger charge is -2.13. The Balaban J connectivity index is 2.90. The Morgan fingerprint density at radius 3 is 2.58 bits per heavy atom. The van der Waals surface area contributed by atoms with Crippen LogP contribution in [0.3, 0.4) is 0 Å². The third kappa shape index (κ3) is 4.36. The van der Waals surface area contributed by atoms with Gasteiger partial charge in [-0.15, -0.1) is 0 Å². The van der Waals surface area contributed by atoms with E-state index in [-0.39, 0.29) is 0 Å². The van der Waals surface area contributed by atoms with Gasteiger partial charge in [-0.3, -0.25) is 9.59 Å². The van der Waals surface area contributed by atoms with Crippen LogP contribution in [-0.2, 0) is 9.59 Å². The van der Waals surface area contributed by atoms with Crippen LogP contribution in [0.2, 0.25) is 0 Å². The molecule has 0 radical (unpaired) electrons. The molecule has 0 heterocycles. The van der Waals surface area contributed by atoms with Crippen molar-refractivity contribution in [2.75, 3.05) is 0 Å². The average molecular weight is 329 g/mol. The minimum Gasteiger partial charge on any atom is -0.480 e. The standard InChI is InChI=1S/C12H13BrN2O4/c1-6-2-3-8(13)7(4-6)11(17)15-9(12(18)19)5-10(14)16/h2-4,9H,5H2,1H3,(H2,14,16)(H,15,17)(H,18,19)/t9-/m1/s1. The number of nitrogens with two attached hydrogens (primary N) is 1. The molecule has 1 aromatic carbocycles. The molecule has 19 heavy (non-hydrogen) atoms. The lowest BCUT2D eigenvalue weighted by atomic mass is 10.1. The maximum Gasteiger partial charge on any atom is 0.326 e. The van der Waals surface area contributed by atoms with Crippen LogP contribution in [0, 0.1) is 6.92 Å². The second kappa shape index (κ2) is 6.33. The number of aryl methyl sites for hydroxylation is 1. The number of carboxylic acid groups (broad SMARTS) is 1. The first-order valence-electron chi connectivity index (χ1n) is 5.39. The largest absolute Gasteiger partial charge is 0.480 e. The van der Waals surface area contributed by atoms with Gasteiger partial charge in [-0.2, -0.15) is 0 Å². The molecular formula is C12H13BrN2O4. The molecule has 0 spiro atoms. The zero-order valence-corrected chi connectivity index (χ0v) is 11.7. The maximum atomic E-state index is 12.0. The highest BCUT2D eigenvalue weighted by molar-refractivity contribution is 9.10. The predicted octanol–water partition coefficient (Wildman–Crippen LogP) is 0.816. The van der Waals surface area contributed by atoms with E-state index < -0.39 is 30.2 Å². The zero-order chi connectivity index (χ0) is 14.6. The van der Waals surface area contributed by atoms with Gasteiger partial charge in [0.25, 0.3) is 5.91 Å². The summed E-state index contributed by atoms with van der Waals surface area (Å²) < 4.78 is 0.541. The Morgan fingerprint density at radius 1 is 1.42 bits per heavy atom. The van der Waals surface area contributed by atoms with Crippen molar-refractivity contribution in [3.05, 3.63) is 33.8 Å². The van der Waals surface area contributed by atoms with Crippen molar-refractivity contribution in [2.45, 2.75) is 19.4 Å². The molecule has 1 rings (SSSR count). The summed E-state index contributed by atoms with van der Waals surface area (Å²) in [7, 11) is 0. The zero-order valence-electron chi connectivity index (χ0n) is 10.1. The topological polar surface area (TPSA) is 109 Å². The lowest BCUT2D eigenvalue weighted by Crippen LogP contribution is -2.43. The van der Waals surface area contributed by atoms with Crippen LogP contribution in [0.25, 0.3) is 0 Å². The Kier molecular flexibility index (Phi) is 5.05. The van der Waals surface area contributed by atoms with Crippen LogP contribution < -0.4 is 11.1 Å². The van der Waals surface area contributed by atoms with Crippen molar-refractivity contribution in [3.8, 4) is 0 Å². The van der Waals surface area contributed by atoms with Gasteiger partial charge in [0, 0.05) is 4.47 Å². The molecule has 6 nitrogen and oxygen atoms in total. The molecule has 0 saturated heterocycles. The number of benzene rings is 1. The summed E-state index contributed by atoms with van der Waals surface area (Å²) in [4.78, 5) is 33.6. The summed E-state index contributed by atoms with van der Waals surface area (Å²) >= 11 is 3.21. The molecule has 0 aromatic heterocycles. The van der Waals surface area contributed by atoms with Crippen molar-refractivity contribution in [1.29, 1.82) is 0 Å². The number of carbonyl (C=O) groups is 3. The average Bonchev–Trinajstić information content (AvgIpc) is 2.30. The normalized spacial score (nSPS) is 11.7. The highest BCUT2D eigenvalue weighted by atomic mass is 79.9. The fourth-order valence-corrected chi connectivity index (χ4v) is 1.88. The molecular weight excluding hydrogens is 316 g/mol. The summed E-state index contributed by atoms with van der Waals surface area (Å²) in [6, 6.07) is 3.77. The number of primary amides is 1. The van der Waals surface area contributed by atoms with Gasteiger partial charge < -0.3 is 16.2 Å². The van der Waals surface area contributed by atoms with Crippen molar-refractivity contribution < 1.29 is 19.5 Å². The van der Waals surface area contributed by atoms with Crippen molar-refractivity contribution in [2.24, 2.45) is 5.73 Å². The lowest BCUT2D eigenvalue weighted by molar-refractivity contribution is -0.140. The van der Waals surface area contributed by atoms with Crippen LogP contribution in [0.1, 0.15) is 22.3 Å². The maximum absolute atomic E-state index is 12.0. The number of aliphatic carboxylic acids is 1. The highest BCUT2D eigenvalue weighted by Crippen LogP contribution is 2.18. The number of hydrogen-bond donors (Lipinski definition) is 3. The molecule has 0 saturated carbocycles. The number of rotatable bonds is 5. The van der Waals surface area contributed by atoms with Gasteiger partial charge in [-0.05, 0) is 35.0 Å². The number of nitrogens with one attached hydrogen (secondary N) is 1. The Labute approximate surface area is 118 Å². The number of carboxylic acids is 1. The Hall–Kier alpha value is -1.89. The van der Waals surface area contributed by atoms with E-state index in [0.29, 0.717) is 10.0 Å². The van der Waals surface area contributed by atoms with Gasteiger partial charge in [0.05, 0.1) is 12.0 Å². The summed E-state index contributed by atoms with van der Waals surface area (Å²) in [6.45, 7) is 1.81. The smallest absolute Gasteiger partial charge is 0.326 e.